The molecule has 1 aromatic carbocycles. The molecule has 1 aromatic rings. The molecular formula is C13H14BrClN2. The molecule has 0 aromatic heterocycles. The van der Waals surface area contributed by atoms with E-state index in [1.165, 1.54) is 0 Å². The molecular weight excluding hydrogens is 300 g/mol. The molecule has 2 atom stereocenters. The highest BCUT2D eigenvalue weighted by Crippen LogP contribution is 2.26. The van der Waals surface area contributed by atoms with E-state index in [9.17, 15) is 0 Å². The molecule has 2 rings (SSSR count). The molecule has 2 unspecified atom stereocenters. The molecule has 1 N–H and O–H groups in total. The average molecular weight is 314 g/mol. The number of rotatable bonds is 3. The van der Waals surface area contributed by atoms with Gasteiger partial charge in [-0.05, 0) is 46.5 Å². The maximum absolute atomic E-state index is 9.00. The van der Waals surface area contributed by atoms with Gasteiger partial charge in [-0.3, -0.25) is 0 Å². The second kappa shape index (κ2) is 5.86. The van der Waals surface area contributed by atoms with E-state index in [2.05, 4.69) is 27.3 Å². The van der Waals surface area contributed by atoms with Gasteiger partial charge in [-0.2, -0.15) is 5.26 Å². The maximum Gasteiger partial charge on any atom is 0.0672 e. The highest BCUT2D eigenvalue weighted by molar-refractivity contribution is 9.10. The maximum atomic E-state index is 9.00. The first kappa shape index (κ1) is 12.9. The van der Waals surface area contributed by atoms with Crippen molar-refractivity contribution in [3.8, 4) is 6.07 Å². The van der Waals surface area contributed by atoms with Gasteiger partial charge in [-0.15, -0.1) is 0 Å². The van der Waals surface area contributed by atoms with Gasteiger partial charge in [0.1, 0.15) is 0 Å². The van der Waals surface area contributed by atoms with E-state index in [4.69, 9.17) is 16.9 Å². The Kier molecular flexibility index (Phi) is 4.44. The van der Waals surface area contributed by atoms with Crippen LogP contribution in [0.2, 0.25) is 5.02 Å². The molecule has 1 aliphatic carbocycles. The summed E-state index contributed by atoms with van der Waals surface area (Å²) in [5, 5.41) is 13.2. The fraction of sp³-hybridized carbons (Fsp3) is 0.462. The van der Waals surface area contributed by atoms with Crippen molar-refractivity contribution in [3.63, 3.8) is 0 Å². The van der Waals surface area contributed by atoms with Gasteiger partial charge in [-0.25, -0.2) is 0 Å². The van der Waals surface area contributed by atoms with Gasteiger partial charge in [0.05, 0.1) is 17.0 Å². The molecule has 2 nitrogen and oxygen atoms in total. The fourth-order valence-corrected chi connectivity index (χ4v) is 2.71. The van der Waals surface area contributed by atoms with Crippen LogP contribution in [0, 0.1) is 17.2 Å². The Morgan fingerprint density at radius 1 is 1.47 bits per heavy atom. The number of nitriles is 1. The van der Waals surface area contributed by atoms with Crippen molar-refractivity contribution in [3.05, 3.63) is 33.3 Å². The fourth-order valence-electron chi connectivity index (χ4n) is 2.26. The third kappa shape index (κ3) is 3.22. The van der Waals surface area contributed by atoms with E-state index < -0.39 is 0 Å². The molecule has 1 fully saturated rings. The third-order valence-corrected chi connectivity index (χ3v) is 4.47. The summed E-state index contributed by atoms with van der Waals surface area (Å²) in [5.41, 5.74) is 1.15. The minimum atomic E-state index is 0.168. The first-order valence-electron chi connectivity index (χ1n) is 5.77. The van der Waals surface area contributed by atoms with Crippen LogP contribution in [-0.4, -0.2) is 6.04 Å². The molecule has 0 saturated heterocycles. The highest BCUT2D eigenvalue weighted by Gasteiger charge is 2.26. The Labute approximate surface area is 115 Å². The zero-order valence-corrected chi connectivity index (χ0v) is 11.8. The molecule has 0 heterocycles. The summed E-state index contributed by atoms with van der Waals surface area (Å²) in [5.74, 6) is 0.168. The number of halogens is 2. The molecule has 1 saturated carbocycles. The van der Waals surface area contributed by atoms with Crippen LogP contribution < -0.4 is 5.32 Å². The molecule has 1 aliphatic rings. The van der Waals surface area contributed by atoms with Gasteiger partial charge in [0, 0.05) is 17.1 Å². The summed E-state index contributed by atoms with van der Waals surface area (Å²) in [6.07, 6.45) is 3.27. The first-order valence-corrected chi connectivity index (χ1v) is 6.94. The van der Waals surface area contributed by atoms with Crippen molar-refractivity contribution in [2.75, 3.05) is 0 Å². The van der Waals surface area contributed by atoms with E-state index in [-0.39, 0.29) is 5.92 Å². The van der Waals surface area contributed by atoms with Crippen molar-refractivity contribution in [1.82, 2.24) is 5.32 Å². The Bertz CT molecular complexity index is 442. The standard InChI is InChI=1S/C13H14BrClN2/c14-11-5-4-9(6-12(11)15)8-17-13-3-1-2-10(13)7-16/h4-6,10,13,17H,1-3,8H2. The van der Waals surface area contributed by atoms with Crippen LogP contribution in [-0.2, 0) is 6.54 Å². The van der Waals surface area contributed by atoms with Gasteiger partial charge in [0.25, 0.3) is 0 Å². The molecule has 90 valence electrons. The molecule has 17 heavy (non-hydrogen) atoms. The summed E-state index contributed by atoms with van der Waals surface area (Å²) in [4.78, 5) is 0. The van der Waals surface area contributed by atoms with Gasteiger partial charge in [0.15, 0.2) is 0 Å². The Morgan fingerprint density at radius 3 is 3.00 bits per heavy atom. The molecule has 0 amide bonds. The summed E-state index contributed by atoms with van der Waals surface area (Å²) < 4.78 is 0.915. The molecule has 0 radical (unpaired) electrons. The van der Waals surface area contributed by atoms with Crippen molar-refractivity contribution in [1.29, 1.82) is 5.26 Å². The van der Waals surface area contributed by atoms with Crippen molar-refractivity contribution in [2.24, 2.45) is 5.92 Å². The van der Waals surface area contributed by atoms with Gasteiger partial charge in [0.2, 0.25) is 0 Å². The summed E-state index contributed by atoms with van der Waals surface area (Å²) >= 11 is 9.41. The summed E-state index contributed by atoms with van der Waals surface area (Å²) in [6, 6.07) is 8.66. The zero-order chi connectivity index (χ0) is 12.3. The minimum Gasteiger partial charge on any atom is -0.309 e. The smallest absolute Gasteiger partial charge is 0.0672 e. The quantitative estimate of drug-likeness (QED) is 0.919. The van der Waals surface area contributed by atoms with Gasteiger partial charge >= 0.3 is 0 Å². The van der Waals surface area contributed by atoms with Gasteiger partial charge < -0.3 is 5.32 Å². The number of nitrogens with one attached hydrogen (secondary N) is 1. The summed E-state index contributed by atoms with van der Waals surface area (Å²) in [7, 11) is 0. The van der Waals surface area contributed by atoms with Crippen LogP contribution in [0.3, 0.4) is 0 Å². The van der Waals surface area contributed by atoms with E-state index in [1.54, 1.807) is 0 Å². The topological polar surface area (TPSA) is 35.8 Å². The van der Waals surface area contributed by atoms with E-state index in [1.807, 2.05) is 18.2 Å². The highest BCUT2D eigenvalue weighted by atomic mass is 79.9. The number of hydrogen-bond acceptors (Lipinski definition) is 2. The monoisotopic (exact) mass is 312 g/mol. The Hall–Kier alpha value is -0.560. The normalized spacial score (nSPS) is 23.6. The second-order valence-electron chi connectivity index (χ2n) is 4.40. The third-order valence-electron chi connectivity index (χ3n) is 3.23. The lowest BCUT2D eigenvalue weighted by Crippen LogP contribution is -2.31. The zero-order valence-electron chi connectivity index (χ0n) is 9.42. The van der Waals surface area contributed by atoms with Crippen molar-refractivity contribution >= 4 is 27.5 Å². The van der Waals surface area contributed by atoms with Gasteiger partial charge in [-0.1, -0.05) is 24.1 Å². The Morgan fingerprint density at radius 2 is 2.29 bits per heavy atom. The predicted octanol–water partition coefficient (Wildman–Crippen LogP) is 3.88. The molecule has 0 spiro atoms. The van der Waals surface area contributed by atoms with Crippen LogP contribution in [0.1, 0.15) is 24.8 Å². The van der Waals surface area contributed by atoms with Crippen LogP contribution in [0.25, 0.3) is 0 Å². The second-order valence-corrected chi connectivity index (χ2v) is 5.66. The molecule has 0 bridgehead atoms. The van der Waals surface area contributed by atoms with E-state index in [0.29, 0.717) is 6.04 Å². The van der Waals surface area contributed by atoms with Crippen molar-refractivity contribution < 1.29 is 0 Å². The SMILES string of the molecule is N#CC1CCCC1NCc1ccc(Br)c(Cl)c1. The Balaban J connectivity index is 1.93. The molecule has 0 aliphatic heterocycles. The first-order chi connectivity index (χ1) is 8.20. The lowest BCUT2D eigenvalue weighted by Gasteiger charge is -2.15. The van der Waals surface area contributed by atoms with Crippen molar-refractivity contribution in [2.45, 2.75) is 31.8 Å². The van der Waals surface area contributed by atoms with E-state index in [0.717, 1.165) is 40.9 Å². The molecule has 4 heteroatoms. The van der Waals surface area contributed by atoms with Crippen LogP contribution in [0.15, 0.2) is 22.7 Å². The summed E-state index contributed by atoms with van der Waals surface area (Å²) in [6.45, 7) is 0.774. The number of nitrogens with zero attached hydrogens (tertiary/aromatic N) is 1. The predicted molar refractivity (Wildman–Crippen MR) is 72.7 cm³/mol. The van der Waals surface area contributed by atoms with E-state index >= 15 is 0 Å². The van der Waals surface area contributed by atoms with Crippen LogP contribution in [0.5, 0.6) is 0 Å². The lowest BCUT2D eigenvalue weighted by atomic mass is 10.1. The lowest BCUT2D eigenvalue weighted by molar-refractivity contribution is 0.464. The number of benzene rings is 1. The number of hydrogen-bond donors (Lipinski definition) is 1. The largest absolute Gasteiger partial charge is 0.309 e. The minimum absolute atomic E-state index is 0.168. The van der Waals surface area contributed by atoms with Crippen LogP contribution in [0.4, 0.5) is 0 Å². The van der Waals surface area contributed by atoms with Crippen LogP contribution >= 0.6 is 27.5 Å². The average Bonchev–Trinajstić information content (AvgIpc) is 2.78.